The van der Waals surface area contributed by atoms with E-state index in [0.29, 0.717) is 0 Å². The fourth-order valence-corrected chi connectivity index (χ4v) is 0.0760. The van der Waals surface area contributed by atoms with Crippen molar-refractivity contribution in [3.63, 3.8) is 0 Å². The zero-order valence-electron chi connectivity index (χ0n) is 5.59. The van der Waals surface area contributed by atoms with Crippen molar-refractivity contribution in [2.45, 2.75) is 6.04 Å². The largest absolute Gasteiger partial charge is 1.00 e. The molecule has 0 radical (unpaired) electrons. The summed E-state index contributed by atoms with van der Waals surface area (Å²) in [6.45, 7) is 0. The smallest absolute Gasteiger partial charge is 0.444 e. The van der Waals surface area contributed by atoms with Gasteiger partial charge in [-0.15, -0.1) is 10.2 Å². The van der Waals surface area contributed by atoms with Crippen molar-refractivity contribution in [3.8, 4) is 12.1 Å². The zero-order valence-corrected chi connectivity index (χ0v) is 7.59. The van der Waals surface area contributed by atoms with Crippen LogP contribution in [0.3, 0.4) is 0 Å². The third-order valence-corrected chi connectivity index (χ3v) is 0.350. The summed E-state index contributed by atoms with van der Waals surface area (Å²) in [5.74, 6) is 0. The molecule has 0 aromatic heterocycles. The molecule has 0 heterocycles. The summed E-state index contributed by atoms with van der Waals surface area (Å²) in [5.41, 5.74) is 0. The summed E-state index contributed by atoms with van der Waals surface area (Å²) < 4.78 is 0. The van der Waals surface area contributed by atoms with Crippen LogP contribution in [-0.4, -0.2) is 6.04 Å². The molecule has 11 heavy (non-hydrogen) atoms. The van der Waals surface area contributed by atoms with Crippen LogP contribution in [-0.2, 0) is 0 Å². The molecule has 0 bridgehead atoms. The van der Waals surface area contributed by atoms with Gasteiger partial charge in [0.25, 0.3) is 6.04 Å². The Balaban J connectivity index is -0.000000140. The molecular weight excluding hydrogens is 163 g/mol. The molecule has 0 atom stereocenters. The second-order valence-electron chi connectivity index (χ2n) is 0.841. The van der Waals surface area contributed by atoms with Gasteiger partial charge in [0.1, 0.15) is 12.1 Å². The first-order valence-corrected chi connectivity index (χ1v) is 1.83. The molecule has 0 saturated heterocycles. The van der Waals surface area contributed by atoms with Crippen molar-refractivity contribution in [2.24, 2.45) is 10.5 Å². The minimum atomic E-state index is -1.33. The van der Waals surface area contributed by atoms with Crippen LogP contribution in [0.25, 0.3) is 0 Å². The molecule has 0 aliphatic carbocycles. The van der Waals surface area contributed by atoms with Crippen molar-refractivity contribution in [2.75, 3.05) is 0 Å². The van der Waals surface area contributed by atoms with Crippen LogP contribution in [0.15, 0.2) is 10.5 Å². The first-order chi connectivity index (χ1) is 4.76. The fraction of sp³-hybridized carbons (Fsp3) is 0.333. The van der Waals surface area contributed by atoms with Crippen LogP contribution >= 0.6 is 0 Å². The second kappa shape index (κ2) is 16.0. The summed E-state index contributed by atoms with van der Waals surface area (Å²) in [4.78, 5) is 17.3. The normalized spacial score (nSPS) is 5.36. The van der Waals surface area contributed by atoms with E-state index in [2.05, 4.69) is 5.18 Å². The van der Waals surface area contributed by atoms with E-state index >= 15 is 0 Å². The number of hydrogen-bond acceptors (Lipinski definition) is 7. The monoisotopic (exact) mass is 164 g/mol. The minimum absolute atomic E-state index is 0. The first-order valence-electron chi connectivity index (χ1n) is 1.83. The summed E-state index contributed by atoms with van der Waals surface area (Å²) in [7, 11) is 0. The Morgan fingerprint density at radius 1 is 1.27 bits per heavy atom. The Kier molecular flexibility index (Phi) is 24.0. The van der Waals surface area contributed by atoms with E-state index in [1.54, 1.807) is 0 Å². The van der Waals surface area contributed by atoms with Gasteiger partial charge in [-0.3, -0.25) is 0 Å². The molecule has 0 aromatic carbocycles. The number of nitrogens with zero attached hydrogens (tertiary/aromatic N) is 4. The van der Waals surface area contributed by atoms with Gasteiger partial charge in [-0.05, 0) is 5.18 Å². The first kappa shape index (κ1) is 16.5. The summed E-state index contributed by atoms with van der Waals surface area (Å²) in [5, 5.41) is 26.7. The van der Waals surface area contributed by atoms with Crippen LogP contribution in [0, 0.1) is 37.7 Å². The molecule has 0 fully saturated rings. The van der Waals surface area contributed by atoms with E-state index < -0.39 is 6.04 Å². The average molecular weight is 164 g/mol. The van der Waals surface area contributed by atoms with Gasteiger partial charge >= 0.3 is 29.6 Å². The Morgan fingerprint density at radius 2 is 1.55 bits per heavy atom. The summed E-state index contributed by atoms with van der Waals surface area (Å²) >= 11 is 0. The number of rotatable bonds is 1. The van der Waals surface area contributed by atoms with Crippen LogP contribution in [0.2, 0.25) is 0 Å². The molecule has 7 nitrogen and oxygen atoms in total. The maximum atomic E-state index is 9.27. The maximum absolute atomic E-state index is 9.27. The summed E-state index contributed by atoms with van der Waals surface area (Å²) in [6.07, 6.45) is 0. The van der Waals surface area contributed by atoms with Gasteiger partial charge in [-0.1, -0.05) is 0 Å². The van der Waals surface area contributed by atoms with Gasteiger partial charge < -0.3 is 10.1 Å². The van der Waals surface area contributed by atoms with Crippen LogP contribution in [0.1, 0.15) is 0 Å². The predicted molar refractivity (Wildman–Crippen MR) is 30.0 cm³/mol. The van der Waals surface area contributed by atoms with E-state index in [1.807, 2.05) is 0 Å². The predicted octanol–water partition coefficient (Wildman–Crippen LogP) is -2.58. The molecule has 0 aliphatic rings. The Morgan fingerprint density at radius 3 is 1.55 bits per heavy atom. The van der Waals surface area contributed by atoms with Crippen molar-refractivity contribution >= 4 is 0 Å². The molecule has 0 aliphatic heterocycles. The minimum Gasteiger partial charge on any atom is -0.444 e. The van der Waals surface area contributed by atoms with E-state index in [0.717, 1.165) is 5.34 Å². The number of nitriles is 2. The molecule has 8 heteroatoms. The molecule has 0 aromatic rings. The van der Waals surface area contributed by atoms with Gasteiger partial charge in [-0.2, -0.15) is 10.5 Å². The van der Waals surface area contributed by atoms with Gasteiger partial charge in [0.15, 0.2) is 0 Å². The van der Waals surface area contributed by atoms with Gasteiger partial charge in [0.05, 0.1) is 0 Å². The molecule has 52 valence electrons. The Labute approximate surface area is 83.8 Å². The molecule has 0 unspecified atom stereocenters. The van der Waals surface area contributed by atoms with Crippen LogP contribution < -0.4 is 29.6 Å². The van der Waals surface area contributed by atoms with E-state index in [-0.39, 0.29) is 29.6 Å². The second-order valence-corrected chi connectivity index (χ2v) is 0.841. The molecule has 0 spiro atoms. The molecular formula is C3HN4NaO3. The van der Waals surface area contributed by atoms with Crippen molar-refractivity contribution < 1.29 is 29.6 Å². The van der Waals surface area contributed by atoms with E-state index in [1.165, 1.54) is 12.1 Å². The van der Waals surface area contributed by atoms with Crippen molar-refractivity contribution in [1.29, 1.82) is 10.5 Å². The van der Waals surface area contributed by atoms with Crippen molar-refractivity contribution in [3.05, 3.63) is 15.0 Å². The van der Waals surface area contributed by atoms with Gasteiger partial charge in [0.2, 0.25) is 0 Å². The van der Waals surface area contributed by atoms with Gasteiger partial charge in [-0.25, -0.2) is 0 Å². The van der Waals surface area contributed by atoms with Crippen molar-refractivity contribution in [1.82, 2.24) is 0 Å². The quantitative estimate of drug-likeness (QED) is 0.238. The zero-order chi connectivity index (χ0) is 8.41. The van der Waals surface area contributed by atoms with E-state index in [4.69, 9.17) is 20.6 Å². The molecule has 0 N–H and O–H groups in total. The van der Waals surface area contributed by atoms with Crippen LogP contribution in [0.4, 0.5) is 0 Å². The summed E-state index contributed by atoms with van der Waals surface area (Å²) in [6, 6.07) is 1.39. The third-order valence-electron chi connectivity index (χ3n) is 0.350. The molecule has 0 rings (SSSR count). The fourth-order valence-electron chi connectivity index (χ4n) is 0.0760. The Hall–Kier alpha value is -1.02. The topological polar surface area (TPSA) is 129 Å². The molecule has 0 saturated carbocycles. The maximum Gasteiger partial charge on any atom is 1.00 e. The molecule has 0 amide bonds. The third kappa shape index (κ3) is 17.6. The Bertz CT molecular complexity index is 168. The SMILES string of the molecule is N#CC(C#N)N=O.O=N[O-].[Na+]. The van der Waals surface area contributed by atoms with Crippen LogP contribution in [0.5, 0.6) is 0 Å². The number of hydrogen-bond donors (Lipinski definition) is 0. The van der Waals surface area contributed by atoms with Gasteiger partial charge in [0, 0.05) is 0 Å². The standard InChI is InChI=1S/C3HN3O.HNO2.Na/c4-1-3(2-5)6-7;2-1-3;/h3H;(H,2,3);/q;;+1/p-1. The average Bonchev–Trinajstić information content (AvgIpc) is 1.93. The van der Waals surface area contributed by atoms with E-state index in [9.17, 15) is 4.91 Å². The number of nitroso groups, excluding NO2 is 1.